The molecule has 9 nitrogen and oxygen atoms in total. The van der Waals surface area contributed by atoms with Gasteiger partial charge in [0.15, 0.2) is 17.6 Å². The third-order valence-electron chi connectivity index (χ3n) is 4.45. The molecule has 2 aromatic rings. The summed E-state index contributed by atoms with van der Waals surface area (Å²) in [7, 11) is -1.95. The molecule has 0 aromatic carbocycles. The topological polar surface area (TPSA) is 112 Å². The summed E-state index contributed by atoms with van der Waals surface area (Å²) in [4.78, 5) is 14.1. The molecule has 11 heteroatoms. The zero-order valence-corrected chi connectivity index (χ0v) is 16.9. The summed E-state index contributed by atoms with van der Waals surface area (Å²) in [5, 5.41) is 6.35. The molecule has 1 saturated heterocycles. The lowest BCUT2D eigenvalue weighted by molar-refractivity contribution is 0.579. The zero-order chi connectivity index (χ0) is 20.7. The van der Waals surface area contributed by atoms with Gasteiger partial charge in [0.2, 0.25) is 10.0 Å². The van der Waals surface area contributed by atoms with Gasteiger partial charge in [0, 0.05) is 57.9 Å². The molecular weight excluding hydrogens is 397 g/mol. The minimum atomic E-state index is -3.59. The lowest BCUT2D eigenvalue weighted by Gasteiger charge is -2.20. The summed E-state index contributed by atoms with van der Waals surface area (Å²) in [5.74, 6) is 0.569. The maximum atomic E-state index is 13.9. The van der Waals surface area contributed by atoms with Crippen molar-refractivity contribution in [3.05, 3.63) is 48.7 Å². The molecule has 0 aliphatic carbocycles. The maximum Gasteiger partial charge on any atom is 0.242 e. The van der Waals surface area contributed by atoms with Crippen LogP contribution in [0.25, 0.3) is 0 Å². The number of guanidine groups is 1. The summed E-state index contributed by atoms with van der Waals surface area (Å²) in [6.45, 7) is 1.83. The van der Waals surface area contributed by atoms with Crippen LogP contribution in [-0.4, -0.2) is 63.6 Å². The van der Waals surface area contributed by atoms with Crippen molar-refractivity contribution in [1.82, 2.24) is 25.3 Å². The molecule has 1 unspecified atom stereocenters. The van der Waals surface area contributed by atoms with Crippen molar-refractivity contribution in [2.75, 3.05) is 38.1 Å². The molecule has 1 atom stereocenters. The van der Waals surface area contributed by atoms with E-state index >= 15 is 0 Å². The van der Waals surface area contributed by atoms with Crippen LogP contribution in [0.2, 0.25) is 0 Å². The monoisotopic (exact) mass is 421 g/mol. The van der Waals surface area contributed by atoms with E-state index in [2.05, 4.69) is 30.3 Å². The molecule has 1 fully saturated rings. The number of pyridine rings is 2. The predicted octanol–water partition coefficient (Wildman–Crippen LogP) is 0.338. The van der Waals surface area contributed by atoms with Gasteiger partial charge in [-0.15, -0.1) is 0 Å². The maximum absolute atomic E-state index is 13.9. The van der Waals surface area contributed by atoms with E-state index in [-0.39, 0.29) is 23.3 Å². The lowest BCUT2D eigenvalue weighted by Crippen LogP contribution is -2.46. The Morgan fingerprint density at radius 2 is 2.14 bits per heavy atom. The molecule has 3 heterocycles. The minimum absolute atomic E-state index is 0.0784. The molecule has 0 radical (unpaired) electrons. The first-order valence-corrected chi connectivity index (χ1v) is 10.7. The Morgan fingerprint density at radius 3 is 2.86 bits per heavy atom. The van der Waals surface area contributed by atoms with Crippen molar-refractivity contribution in [1.29, 1.82) is 0 Å². The second-order valence-corrected chi connectivity index (χ2v) is 8.24. The van der Waals surface area contributed by atoms with Crippen LogP contribution in [0.3, 0.4) is 0 Å². The molecule has 0 spiro atoms. The van der Waals surface area contributed by atoms with Gasteiger partial charge in [0.25, 0.3) is 0 Å². The Hall–Kier alpha value is -2.79. The Kier molecular flexibility index (Phi) is 6.94. The Morgan fingerprint density at radius 1 is 1.31 bits per heavy atom. The van der Waals surface area contributed by atoms with Gasteiger partial charge in [0.05, 0.1) is 0 Å². The molecule has 0 saturated carbocycles. The molecule has 0 amide bonds. The molecule has 3 rings (SSSR count). The summed E-state index contributed by atoms with van der Waals surface area (Å²) in [6.07, 6.45) is 5.20. The van der Waals surface area contributed by atoms with Crippen LogP contribution < -0.4 is 20.3 Å². The van der Waals surface area contributed by atoms with Gasteiger partial charge in [-0.05, 0) is 30.7 Å². The van der Waals surface area contributed by atoms with Crippen molar-refractivity contribution in [3.63, 3.8) is 0 Å². The molecule has 1 aliphatic rings. The van der Waals surface area contributed by atoms with Gasteiger partial charge in [-0.2, -0.15) is 0 Å². The average molecular weight is 422 g/mol. The summed E-state index contributed by atoms with van der Waals surface area (Å²) in [5.41, 5.74) is 0. The Bertz CT molecular complexity index is 940. The van der Waals surface area contributed by atoms with Gasteiger partial charge in [-0.3, -0.25) is 9.98 Å². The van der Waals surface area contributed by atoms with Gasteiger partial charge in [-0.1, -0.05) is 0 Å². The molecule has 3 N–H and O–H groups in total. The number of halogens is 1. The fourth-order valence-electron chi connectivity index (χ4n) is 3.02. The number of nitrogens with one attached hydrogen (secondary N) is 3. The normalized spacial score (nSPS) is 17.4. The van der Waals surface area contributed by atoms with Crippen LogP contribution in [0.4, 0.5) is 10.2 Å². The Balaban J connectivity index is 1.44. The standard InChI is InChI=1S/C18H24FN7O2S/c1-20-18(23-9-10-24-29(27,28)15-4-2-7-21-12-15)25-14-6-11-26(13-14)17-16(19)5-3-8-22-17/h2-5,7-8,12,14,24H,6,9-11,13H2,1H3,(H2,20,23,25). The second-order valence-electron chi connectivity index (χ2n) is 6.47. The largest absolute Gasteiger partial charge is 0.355 e. The third-order valence-corrected chi connectivity index (χ3v) is 5.89. The van der Waals surface area contributed by atoms with Crippen LogP contribution >= 0.6 is 0 Å². The third kappa shape index (κ3) is 5.61. The van der Waals surface area contributed by atoms with Crippen LogP contribution in [0.1, 0.15) is 6.42 Å². The van der Waals surface area contributed by atoms with E-state index in [9.17, 15) is 12.8 Å². The SMILES string of the molecule is CN=C(NCCNS(=O)(=O)c1cccnc1)NC1CCN(c2ncccc2F)C1. The van der Waals surface area contributed by atoms with Gasteiger partial charge in [-0.25, -0.2) is 22.5 Å². The van der Waals surface area contributed by atoms with Gasteiger partial charge in [0.1, 0.15) is 4.90 Å². The summed E-state index contributed by atoms with van der Waals surface area (Å²) < 4.78 is 40.7. The number of sulfonamides is 1. The van der Waals surface area contributed by atoms with Crippen molar-refractivity contribution in [2.24, 2.45) is 4.99 Å². The number of anilines is 1. The van der Waals surface area contributed by atoms with Crippen molar-refractivity contribution in [2.45, 2.75) is 17.4 Å². The number of aromatic nitrogens is 2. The molecule has 2 aromatic heterocycles. The van der Waals surface area contributed by atoms with E-state index in [1.54, 1.807) is 25.4 Å². The predicted molar refractivity (Wildman–Crippen MR) is 109 cm³/mol. The molecule has 1 aliphatic heterocycles. The highest BCUT2D eigenvalue weighted by Crippen LogP contribution is 2.20. The van der Waals surface area contributed by atoms with Crippen molar-refractivity contribution in [3.8, 4) is 0 Å². The fourth-order valence-corrected chi connectivity index (χ4v) is 4.02. The molecule has 156 valence electrons. The van der Waals surface area contributed by atoms with Crippen LogP contribution in [0.5, 0.6) is 0 Å². The molecule has 29 heavy (non-hydrogen) atoms. The average Bonchev–Trinajstić information content (AvgIpc) is 3.19. The minimum Gasteiger partial charge on any atom is -0.355 e. The summed E-state index contributed by atoms with van der Waals surface area (Å²) in [6, 6.07) is 6.10. The first-order chi connectivity index (χ1) is 14.0. The molecular formula is C18H24FN7O2S. The van der Waals surface area contributed by atoms with E-state index in [4.69, 9.17) is 0 Å². The number of hydrogen-bond donors (Lipinski definition) is 3. The van der Waals surface area contributed by atoms with Crippen LogP contribution in [-0.2, 0) is 10.0 Å². The van der Waals surface area contributed by atoms with E-state index in [1.165, 1.54) is 24.5 Å². The van der Waals surface area contributed by atoms with E-state index in [0.717, 1.165) is 6.42 Å². The number of hydrogen-bond acceptors (Lipinski definition) is 6. The lowest BCUT2D eigenvalue weighted by atomic mass is 10.3. The number of aliphatic imine (C=N–C) groups is 1. The van der Waals surface area contributed by atoms with Crippen molar-refractivity contribution >= 4 is 21.8 Å². The fraction of sp³-hybridized carbons (Fsp3) is 0.389. The summed E-state index contributed by atoms with van der Waals surface area (Å²) >= 11 is 0. The van der Waals surface area contributed by atoms with E-state index in [0.29, 0.717) is 31.4 Å². The van der Waals surface area contributed by atoms with Crippen LogP contribution in [0, 0.1) is 5.82 Å². The molecule has 0 bridgehead atoms. The Labute approximate surface area is 169 Å². The van der Waals surface area contributed by atoms with Crippen molar-refractivity contribution < 1.29 is 12.8 Å². The van der Waals surface area contributed by atoms with Gasteiger partial charge < -0.3 is 15.5 Å². The first kappa shape index (κ1) is 20.9. The second kappa shape index (κ2) is 9.61. The van der Waals surface area contributed by atoms with E-state index in [1.807, 2.05) is 4.90 Å². The zero-order valence-electron chi connectivity index (χ0n) is 16.0. The number of rotatable bonds is 7. The quantitative estimate of drug-likeness (QED) is 0.336. The van der Waals surface area contributed by atoms with E-state index < -0.39 is 10.0 Å². The van der Waals surface area contributed by atoms with Gasteiger partial charge >= 0.3 is 0 Å². The van der Waals surface area contributed by atoms with Crippen LogP contribution in [0.15, 0.2) is 52.7 Å². The highest BCUT2D eigenvalue weighted by Gasteiger charge is 2.25. The smallest absolute Gasteiger partial charge is 0.242 e. The number of nitrogens with zero attached hydrogens (tertiary/aromatic N) is 4. The highest BCUT2D eigenvalue weighted by atomic mass is 32.2. The first-order valence-electron chi connectivity index (χ1n) is 9.22. The highest BCUT2D eigenvalue weighted by molar-refractivity contribution is 7.89.